The Kier molecular flexibility index (Phi) is 6.15. The van der Waals surface area contributed by atoms with Gasteiger partial charge in [-0.2, -0.15) is 0 Å². The van der Waals surface area contributed by atoms with Crippen LogP contribution in [0, 0.1) is 0 Å². The first-order chi connectivity index (χ1) is 10.6. The Hall–Kier alpha value is -1.66. The number of halogens is 1. The van der Waals surface area contributed by atoms with E-state index in [0.717, 1.165) is 10.0 Å². The van der Waals surface area contributed by atoms with E-state index in [2.05, 4.69) is 26.2 Å². The van der Waals surface area contributed by atoms with Crippen LogP contribution in [0.15, 0.2) is 39.4 Å². The lowest BCUT2D eigenvalue weighted by atomic mass is 10.2. The molecule has 0 unspecified atom stereocenters. The summed E-state index contributed by atoms with van der Waals surface area (Å²) in [5.41, 5.74) is 0.958. The van der Waals surface area contributed by atoms with Gasteiger partial charge in [0.2, 0.25) is 5.91 Å². The molecule has 5 nitrogen and oxygen atoms in total. The van der Waals surface area contributed by atoms with Crippen molar-refractivity contribution in [2.75, 3.05) is 13.7 Å². The van der Waals surface area contributed by atoms with Crippen molar-refractivity contribution in [2.24, 2.45) is 0 Å². The number of hydrogen-bond acceptors (Lipinski definition) is 4. The molecule has 1 heterocycles. The second-order valence-corrected chi connectivity index (χ2v) is 5.96. The van der Waals surface area contributed by atoms with Gasteiger partial charge < -0.3 is 14.5 Å². The van der Waals surface area contributed by atoms with Gasteiger partial charge in [0.25, 0.3) is 0 Å². The minimum Gasteiger partial charge on any atom is -0.441 e. The molecule has 1 amide bonds. The number of aryl methyl sites for hydroxylation is 1. The lowest BCUT2D eigenvalue weighted by Crippen LogP contribution is -2.35. The summed E-state index contributed by atoms with van der Waals surface area (Å²) < 4.78 is 11.7. The fourth-order valence-electron chi connectivity index (χ4n) is 2.03. The first-order valence-electron chi connectivity index (χ1n) is 7.07. The molecule has 1 aromatic carbocycles. The molecule has 0 fully saturated rings. The number of rotatable bonds is 7. The highest BCUT2D eigenvalue weighted by Gasteiger charge is 2.11. The fourth-order valence-corrected chi connectivity index (χ4v) is 2.30. The Labute approximate surface area is 138 Å². The number of methoxy groups -OCH3 is 1. The Morgan fingerprint density at radius 2 is 2.14 bits per heavy atom. The van der Waals surface area contributed by atoms with Gasteiger partial charge in [-0.05, 0) is 19.1 Å². The SMILES string of the molecule is COC[C@@H](C)NC(=O)CCc1ncc(-c2ccc(Br)cc2)o1. The van der Waals surface area contributed by atoms with Crippen LogP contribution in [-0.2, 0) is 16.0 Å². The molecule has 0 aliphatic carbocycles. The maximum atomic E-state index is 11.8. The Bertz CT molecular complexity index is 610. The monoisotopic (exact) mass is 366 g/mol. The van der Waals surface area contributed by atoms with Gasteiger partial charge in [0.1, 0.15) is 0 Å². The van der Waals surface area contributed by atoms with Gasteiger partial charge in [-0.25, -0.2) is 4.98 Å². The minimum atomic E-state index is -0.0343. The summed E-state index contributed by atoms with van der Waals surface area (Å²) in [6.45, 7) is 2.40. The van der Waals surface area contributed by atoms with Crippen LogP contribution >= 0.6 is 15.9 Å². The van der Waals surface area contributed by atoms with E-state index in [4.69, 9.17) is 9.15 Å². The maximum absolute atomic E-state index is 11.8. The highest BCUT2D eigenvalue weighted by molar-refractivity contribution is 9.10. The highest BCUT2D eigenvalue weighted by atomic mass is 79.9. The predicted octanol–water partition coefficient (Wildman–Crippen LogP) is 3.19. The molecule has 0 radical (unpaired) electrons. The molecule has 2 rings (SSSR count). The zero-order chi connectivity index (χ0) is 15.9. The highest BCUT2D eigenvalue weighted by Crippen LogP contribution is 2.22. The summed E-state index contributed by atoms with van der Waals surface area (Å²) >= 11 is 3.39. The first kappa shape index (κ1) is 16.7. The second-order valence-electron chi connectivity index (χ2n) is 5.05. The summed E-state index contributed by atoms with van der Waals surface area (Å²) in [5, 5.41) is 2.86. The van der Waals surface area contributed by atoms with Gasteiger partial charge in [0.05, 0.1) is 12.8 Å². The number of oxazole rings is 1. The molecule has 0 saturated carbocycles. The quantitative estimate of drug-likeness (QED) is 0.817. The van der Waals surface area contributed by atoms with E-state index in [9.17, 15) is 4.79 Å². The van der Waals surface area contributed by atoms with Crippen molar-refractivity contribution in [1.29, 1.82) is 0 Å². The molecule has 1 atom stereocenters. The fraction of sp³-hybridized carbons (Fsp3) is 0.375. The van der Waals surface area contributed by atoms with Crippen LogP contribution in [0.25, 0.3) is 11.3 Å². The lowest BCUT2D eigenvalue weighted by Gasteiger charge is -2.11. The predicted molar refractivity (Wildman–Crippen MR) is 87.4 cm³/mol. The average Bonchev–Trinajstić information content (AvgIpc) is 2.95. The average molecular weight is 367 g/mol. The van der Waals surface area contributed by atoms with Crippen LogP contribution in [0.3, 0.4) is 0 Å². The van der Waals surface area contributed by atoms with Gasteiger partial charge >= 0.3 is 0 Å². The van der Waals surface area contributed by atoms with Crippen LogP contribution in [0.5, 0.6) is 0 Å². The van der Waals surface area contributed by atoms with E-state index >= 15 is 0 Å². The molecule has 0 aliphatic rings. The molecule has 0 spiro atoms. The van der Waals surface area contributed by atoms with E-state index in [1.807, 2.05) is 31.2 Å². The van der Waals surface area contributed by atoms with E-state index in [1.165, 1.54) is 0 Å². The maximum Gasteiger partial charge on any atom is 0.220 e. The third-order valence-electron chi connectivity index (χ3n) is 3.07. The largest absolute Gasteiger partial charge is 0.441 e. The van der Waals surface area contributed by atoms with Crippen LogP contribution in [0.4, 0.5) is 0 Å². The molecule has 118 valence electrons. The van der Waals surface area contributed by atoms with Crippen molar-refractivity contribution in [3.63, 3.8) is 0 Å². The topological polar surface area (TPSA) is 64.4 Å². The number of aromatic nitrogens is 1. The third kappa shape index (κ3) is 4.96. The minimum absolute atomic E-state index is 0.000358. The number of nitrogens with zero attached hydrogens (tertiary/aromatic N) is 1. The van der Waals surface area contributed by atoms with Gasteiger partial charge in [0.15, 0.2) is 11.7 Å². The van der Waals surface area contributed by atoms with Crippen molar-refractivity contribution < 1.29 is 13.9 Å². The summed E-state index contributed by atoms with van der Waals surface area (Å²) in [7, 11) is 1.61. The van der Waals surface area contributed by atoms with Gasteiger partial charge in [0, 0.05) is 36.0 Å². The second kappa shape index (κ2) is 8.10. The molecule has 22 heavy (non-hydrogen) atoms. The van der Waals surface area contributed by atoms with Crippen molar-refractivity contribution in [2.45, 2.75) is 25.8 Å². The molecular weight excluding hydrogens is 348 g/mol. The molecule has 2 aromatic rings. The van der Waals surface area contributed by atoms with Crippen LogP contribution in [-0.4, -0.2) is 30.6 Å². The van der Waals surface area contributed by atoms with Crippen LogP contribution < -0.4 is 5.32 Å². The van der Waals surface area contributed by atoms with E-state index in [-0.39, 0.29) is 11.9 Å². The molecule has 6 heteroatoms. The smallest absolute Gasteiger partial charge is 0.220 e. The number of ether oxygens (including phenoxy) is 1. The number of carbonyl (C=O) groups excluding carboxylic acids is 1. The summed E-state index contributed by atoms with van der Waals surface area (Å²) in [6.07, 6.45) is 2.50. The zero-order valence-electron chi connectivity index (χ0n) is 12.6. The number of benzene rings is 1. The first-order valence-corrected chi connectivity index (χ1v) is 7.86. The Balaban J connectivity index is 1.87. The van der Waals surface area contributed by atoms with Crippen molar-refractivity contribution in [3.05, 3.63) is 40.8 Å². The van der Waals surface area contributed by atoms with Crippen molar-refractivity contribution >= 4 is 21.8 Å². The molecular formula is C16H19BrN2O3. The third-order valence-corrected chi connectivity index (χ3v) is 3.60. The number of nitrogens with one attached hydrogen (secondary N) is 1. The number of carbonyl (C=O) groups is 1. The van der Waals surface area contributed by atoms with E-state index in [1.54, 1.807) is 13.3 Å². The van der Waals surface area contributed by atoms with Crippen LogP contribution in [0.2, 0.25) is 0 Å². The summed E-state index contributed by atoms with van der Waals surface area (Å²) in [5.74, 6) is 1.23. The van der Waals surface area contributed by atoms with Gasteiger partial charge in [-0.15, -0.1) is 0 Å². The lowest BCUT2D eigenvalue weighted by molar-refractivity contribution is -0.122. The molecule has 0 saturated heterocycles. The normalized spacial score (nSPS) is 12.1. The zero-order valence-corrected chi connectivity index (χ0v) is 14.2. The van der Waals surface area contributed by atoms with Gasteiger partial charge in [-0.3, -0.25) is 4.79 Å². The van der Waals surface area contributed by atoms with E-state index in [0.29, 0.717) is 31.1 Å². The number of hydrogen-bond donors (Lipinski definition) is 1. The van der Waals surface area contributed by atoms with Crippen molar-refractivity contribution in [3.8, 4) is 11.3 Å². The Morgan fingerprint density at radius 1 is 1.41 bits per heavy atom. The van der Waals surface area contributed by atoms with E-state index < -0.39 is 0 Å². The molecule has 1 N–H and O–H groups in total. The molecule has 1 aromatic heterocycles. The Morgan fingerprint density at radius 3 is 2.82 bits per heavy atom. The standard InChI is InChI=1S/C16H19BrN2O3/c1-11(10-21-2)19-15(20)7-8-16-18-9-14(22-16)12-3-5-13(17)6-4-12/h3-6,9,11H,7-8,10H2,1-2H3,(H,19,20)/t11-/m1/s1. The van der Waals surface area contributed by atoms with Crippen LogP contribution in [0.1, 0.15) is 19.2 Å². The van der Waals surface area contributed by atoms with Gasteiger partial charge in [-0.1, -0.05) is 28.1 Å². The number of amides is 1. The van der Waals surface area contributed by atoms with Crippen molar-refractivity contribution in [1.82, 2.24) is 10.3 Å². The summed E-state index contributed by atoms with van der Waals surface area (Å²) in [4.78, 5) is 16.0. The molecule has 0 bridgehead atoms. The molecule has 0 aliphatic heterocycles. The summed E-state index contributed by atoms with van der Waals surface area (Å²) in [6, 6.07) is 7.80.